The first-order valence-electron chi connectivity index (χ1n) is 12.9. The SMILES string of the molecule is CCOc1cccc(C2C(=C(O)c3c(C)nc4ccccn34)C(=O)C(=O)N2c2nnc(SCc3ccccc3)s2)c1. The zero-order chi connectivity index (χ0) is 28.5. The zero-order valence-electron chi connectivity index (χ0n) is 22.2. The Morgan fingerprint density at radius 1 is 1.05 bits per heavy atom. The normalized spacial score (nSPS) is 16.5. The fourth-order valence-corrected chi connectivity index (χ4v) is 6.71. The summed E-state index contributed by atoms with van der Waals surface area (Å²) in [6.07, 6.45) is 1.76. The molecule has 206 valence electrons. The number of aryl methyl sites for hydroxylation is 1. The molecule has 0 spiro atoms. The van der Waals surface area contributed by atoms with E-state index in [1.807, 2.05) is 49.4 Å². The van der Waals surface area contributed by atoms with Crippen molar-refractivity contribution in [3.63, 3.8) is 0 Å². The van der Waals surface area contributed by atoms with Crippen LogP contribution in [-0.4, -0.2) is 43.0 Å². The first-order valence-corrected chi connectivity index (χ1v) is 14.7. The molecule has 1 unspecified atom stereocenters. The van der Waals surface area contributed by atoms with Crippen molar-refractivity contribution in [1.29, 1.82) is 0 Å². The van der Waals surface area contributed by atoms with Gasteiger partial charge in [0.2, 0.25) is 5.13 Å². The van der Waals surface area contributed by atoms with E-state index in [-0.39, 0.29) is 16.5 Å². The predicted molar refractivity (Wildman–Crippen MR) is 158 cm³/mol. The highest BCUT2D eigenvalue weighted by atomic mass is 32.2. The molecule has 41 heavy (non-hydrogen) atoms. The second-order valence-corrected chi connectivity index (χ2v) is 11.5. The minimum Gasteiger partial charge on any atom is -0.505 e. The zero-order valence-corrected chi connectivity index (χ0v) is 23.9. The number of hydrogen-bond donors (Lipinski definition) is 1. The third kappa shape index (κ3) is 4.98. The van der Waals surface area contributed by atoms with Crippen LogP contribution in [0.1, 0.15) is 35.5 Å². The number of ether oxygens (including phenoxy) is 1. The van der Waals surface area contributed by atoms with Crippen LogP contribution in [0.2, 0.25) is 0 Å². The minimum absolute atomic E-state index is 0.0499. The number of imidazole rings is 1. The van der Waals surface area contributed by atoms with Gasteiger partial charge in [-0.3, -0.25) is 18.9 Å². The van der Waals surface area contributed by atoms with Crippen LogP contribution < -0.4 is 9.64 Å². The summed E-state index contributed by atoms with van der Waals surface area (Å²) >= 11 is 2.72. The van der Waals surface area contributed by atoms with Gasteiger partial charge in [-0.15, -0.1) is 10.2 Å². The van der Waals surface area contributed by atoms with E-state index in [4.69, 9.17) is 4.74 Å². The maximum Gasteiger partial charge on any atom is 0.301 e. The van der Waals surface area contributed by atoms with Crippen LogP contribution in [0.4, 0.5) is 5.13 Å². The van der Waals surface area contributed by atoms with Crippen molar-refractivity contribution in [2.75, 3.05) is 11.5 Å². The molecule has 0 bridgehead atoms. The van der Waals surface area contributed by atoms with Gasteiger partial charge in [-0.05, 0) is 49.2 Å². The number of fused-ring (bicyclic) bond motifs is 1. The molecule has 1 atom stereocenters. The summed E-state index contributed by atoms with van der Waals surface area (Å²) in [4.78, 5) is 33.1. The largest absolute Gasteiger partial charge is 0.505 e. The van der Waals surface area contributed by atoms with Crippen molar-refractivity contribution < 1.29 is 19.4 Å². The number of carbonyl (C=O) groups is 2. The van der Waals surface area contributed by atoms with Gasteiger partial charge in [0.15, 0.2) is 10.1 Å². The van der Waals surface area contributed by atoms with Crippen molar-refractivity contribution >= 4 is 51.3 Å². The molecule has 1 aliphatic rings. The summed E-state index contributed by atoms with van der Waals surface area (Å²) in [5.74, 6) is -0.648. The lowest BCUT2D eigenvalue weighted by Crippen LogP contribution is -2.29. The van der Waals surface area contributed by atoms with E-state index in [1.165, 1.54) is 28.0 Å². The van der Waals surface area contributed by atoms with Crippen LogP contribution in [-0.2, 0) is 15.3 Å². The van der Waals surface area contributed by atoms with Crippen LogP contribution in [0, 0.1) is 6.92 Å². The Labute approximate surface area is 244 Å². The van der Waals surface area contributed by atoms with Crippen molar-refractivity contribution in [1.82, 2.24) is 19.6 Å². The van der Waals surface area contributed by atoms with Gasteiger partial charge in [-0.2, -0.15) is 0 Å². The van der Waals surface area contributed by atoms with E-state index in [1.54, 1.807) is 47.9 Å². The summed E-state index contributed by atoms with van der Waals surface area (Å²) in [6, 6.07) is 21.6. The molecule has 11 heteroatoms. The lowest BCUT2D eigenvalue weighted by molar-refractivity contribution is -0.132. The molecule has 1 saturated heterocycles. The number of carbonyl (C=O) groups excluding carboxylic acids is 2. The molecule has 5 aromatic rings. The van der Waals surface area contributed by atoms with Gasteiger partial charge in [-0.25, -0.2) is 4.98 Å². The van der Waals surface area contributed by atoms with Crippen LogP contribution in [0.15, 0.2) is 88.9 Å². The summed E-state index contributed by atoms with van der Waals surface area (Å²) in [5.41, 5.74) is 3.16. The van der Waals surface area contributed by atoms with E-state index >= 15 is 0 Å². The highest BCUT2D eigenvalue weighted by Gasteiger charge is 2.49. The molecule has 0 radical (unpaired) electrons. The van der Waals surface area contributed by atoms with Crippen LogP contribution in [0.3, 0.4) is 0 Å². The number of pyridine rings is 1. The molecule has 0 aliphatic carbocycles. The van der Waals surface area contributed by atoms with Crippen molar-refractivity contribution in [3.05, 3.63) is 107 Å². The van der Waals surface area contributed by atoms with Gasteiger partial charge in [0.25, 0.3) is 5.78 Å². The topological polar surface area (TPSA) is 110 Å². The van der Waals surface area contributed by atoms with Crippen LogP contribution in [0.25, 0.3) is 11.4 Å². The molecular formula is C30H25N5O4S2. The summed E-state index contributed by atoms with van der Waals surface area (Å²) in [6.45, 7) is 4.08. The Bertz CT molecular complexity index is 1800. The van der Waals surface area contributed by atoms with Gasteiger partial charge in [0.1, 0.15) is 17.1 Å². The number of Topliss-reactive ketones (excluding diaryl/α,β-unsaturated/α-hetero) is 1. The number of amides is 1. The van der Waals surface area contributed by atoms with Gasteiger partial charge in [0, 0.05) is 11.9 Å². The maximum absolute atomic E-state index is 13.7. The van der Waals surface area contributed by atoms with Gasteiger partial charge < -0.3 is 9.84 Å². The quantitative estimate of drug-likeness (QED) is 0.0801. The van der Waals surface area contributed by atoms with E-state index in [2.05, 4.69) is 15.2 Å². The highest BCUT2D eigenvalue weighted by Crippen LogP contribution is 2.45. The third-order valence-electron chi connectivity index (χ3n) is 6.66. The lowest BCUT2D eigenvalue weighted by Gasteiger charge is -2.23. The predicted octanol–water partition coefficient (Wildman–Crippen LogP) is 5.81. The number of nitrogens with zero attached hydrogens (tertiary/aromatic N) is 5. The highest BCUT2D eigenvalue weighted by molar-refractivity contribution is 8.00. The molecule has 6 rings (SSSR count). The Morgan fingerprint density at radius 2 is 1.85 bits per heavy atom. The van der Waals surface area contributed by atoms with Gasteiger partial charge >= 0.3 is 5.91 Å². The van der Waals surface area contributed by atoms with E-state index < -0.39 is 17.7 Å². The summed E-state index contributed by atoms with van der Waals surface area (Å²) in [5, 5.41) is 20.6. The molecule has 3 aromatic heterocycles. The van der Waals surface area contributed by atoms with Crippen LogP contribution >= 0.6 is 23.1 Å². The first kappa shape index (κ1) is 26.7. The molecular weight excluding hydrogens is 558 g/mol. The number of rotatable bonds is 8. The maximum atomic E-state index is 13.7. The van der Waals surface area contributed by atoms with E-state index in [0.29, 0.717) is 45.0 Å². The number of benzene rings is 2. The molecule has 2 aromatic carbocycles. The number of aliphatic hydroxyl groups is 1. The average molecular weight is 584 g/mol. The molecule has 0 saturated carbocycles. The number of hydrogen-bond acceptors (Lipinski definition) is 9. The van der Waals surface area contributed by atoms with E-state index in [0.717, 1.165) is 5.56 Å². The van der Waals surface area contributed by atoms with Crippen molar-refractivity contribution in [3.8, 4) is 5.75 Å². The molecule has 1 N–H and O–H groups in total. The standard InChI is InChI=1S/C30H25N5O4S2/c1-3-39-21-13-9-12-20(16-21)25-23(26(36)24-18(2)31-22-14-7-8-15-34(22)24)27(37)28(38)35(25)29-32-33-30(41-29)40-17-19-10-5-4-6-11-19/h4-16,25,36H,3,17H2,1-2H3. The minimum atomic E-state index is -0.955. The molecule has 9 nitrogen and oxygen atoms in total. The lowest BCUT2D eigenvalue weighted by atomic mass is 9.96. The summed E-state index contributed by atoms with van der Waals surface area (Å²) < 4.78 is 8.07. The monoisotopic (exact) mass is 583 g/mol. The molecule has 4 heterocycles. The molecule has 1 fully saturated rings. The second-order valence-electron chi connectivity index (χ2n) is 9.27. The number of anilines is 1. The van der Waals surface area contributed by atoms with Crippen molar-refractivity contribution in [2.24, 2.45) is 0 Å². The Morgan fingerprint density at radius 3 is 2.66 bits per heavy atom. The van der Waals surface area contributed by atoms with Gasteiger partial charge in [0.05, 0.1) is 23.9 Å². The van der Waals surface area contributed by atoms with Gasteiger partial charge in [-0.1, -0.05) is 71.6 Å². The Balaban J connectivity index is 1.46. The van der Waals surface area contributed by atoms with Crippen molar-refractivity contribution in [2.45, 2.75) is 30.0 Å². The second kappa shape index (κ2) is 11.2. The first-order chi connectivity index (χ1) is 20.0. The third-order valence-corrected chi connectivity index (χ3v) is 8.79. The average Bonchev–Trinajstić information content (AvgIpc) is 3.66. The van der Waals surface area contributed by atoms with E-state index in [9.17, 15) is 14.7 Å². The number of thioether (sulfide) groups is 1. The molecule has 1 amide bonds. The smallest absolute Gasteiger partial charge is 0.301 e. The number of ketones is 1. The number of aromatic nitrogens is 4. The Kier molecular flexibility index (Phi) is 7.29. The van der Waals surface area contributed by atoms with Crippen LogP contribution in [0.5, 0.6) is 5.75 Å². The molecule has 1 aliphatic heterocycles. The number of aliphatic hydroxyl groups excluding tert-OH is 1. The fraction of sp³-hybridized carbons (Fsp3) is 0.167. The Hall–Kier alpha value is -4.48. The summed E-state index contributed by atoms with van der Waals surface area (Å²) in [7, 11) is 0. The fourth-order valence-electron chi connectivity index (χ4n) is 4.89.